The average Bonchev–Trinajstić information content (AvgIpc) is 3.48. The highest BCUT2D eigenvalue weighted by molar-refractivity contribution is 8.26. The van der Waals surface area contributed by atoms with Crippen molar-refractivity contribution in [1.82, 2.24) is 10.2 Å². The third-order valence-corrected chi connectivity index (χ3v) is 8.15. The summed E-state index contributed by atoms with van der Waals surface area (Å²) in [7, 11) is 0. The Morgan fingerprint density at radius 2 is 1.82 bits per heavy atom. The Bertz CT molecular complexity index is 1700. The Morgan fingerprint density at radius 3 is 2.45 bits per heavy atom. The second-order valence-electron chi connectivity index (χ2n) is 10.4. The first-order chi connectivity index (χ1) is 20.6. The molecule has 0 unspecified atom stereocenters. The molecule has 1 fully saturated rings. The largest absolute Gasteiger partial charge is 0.507 e. The van der Waals surface area contributed by atoms with Gasteiger partial charge in [0.25, 0.3) is 5.91 Å². The average molecular weight is 662 g/mol. The van der Waals surface area contributed by atoms with Gasteiger partial charge in [-0.05, 0) is 73.7 Å². The number of nitrogens with zero attached hydrogens (tertiary/aromatic N) is 1. The lowest BCUT2D eigenvalue weighted by Crippen LogP contribution is -2.52. The van der Waals surface area contributed by atoms with Crippen LogP contribution in [0.5, 0.6) is 5.75 Å². The molecule has 1 atom stereocenters. The number of ether oxygens (including phenoxy) is 1. The number of hydrogen-bond donors (Lipinski definition) is 4. The van der Waals surface area contributed by atoms with E-state index < -0.39 is 52.9 Å². The van der Waals surface area contributed by atoms with Crippen molar-refractivity contribution >= 4 is 75.3 Å². The summed E-state index contributed by atoms with van der Waals surface area (Å²) in [6.07, 6.45) is 0.641. The predicted molar refractivity (Wildman–Crippen MR) is 166 cm³/mol. The number of carboxylic acid groups (broad SMARTS) is 1. The van der Waals surface area contributed by atoms with Crippen LogP contribution in [0, 0.1) is 11.6 Å². The van der Waals surface area contributed by atoms with Crippen molar-refractivity contribution in [2.24, 2.45) is 0 Å². The van der Waals surface area contributed by atoms with Crippen LogP contribution in [0.15, 0.2) is 52.7 Å². The van der Waals surface area contributed by atoms with Crippen molar-refractivity contribution in [3.63, 3.8) is 0 Å². The third kappa shape index (κ3) is 7.98. The lowest BCUT2D eigenvalue weighted by atomic mass is 10.1. The molecule has 0 bridgehead atoms. The SMILES string of the molecule is CC(C)(C)OC(=O)N[C@H](CN1C(=O)/C(=C/c2cc(-c3ccc(F)c(F)c3)cs2)SC1=S)C(=O)Nc1ccc(C(=O)O)c(O)c1. The van der Waals surface area contributed by atoms with Gasteiger partial charge in [0.2, 0.25) is 5.91 Å². The molecule has 3 aromatic rings. The fourth-order valence-corrected chi connectivity index (χ4v) is 6.08. The summed E-state index contributed by atoms with van der Waals surface area (Å²) in [6, 6.07) is 7.25. The Hall–Kier alpha value is -4.34. The molecule has 1 aliphatic heterocycles. The van der Waals surface area contributed by atoms with E-state index in [4.69, 9.17) is 22.1 Å². The zero-order valence-electron chi connectivity index (χ0n) is 23.3. The molecule has 3 amide bonds. The van der Waals surface area contributed by atoms with Gasteiger partial charge in [0.15, 0.2) is 11.6 Å². The summed E-state index contributed by atoms with van der Waals surface area (Å²) in [5, 5.41) is 25.8. The Morgan fingerprint density at radius 1 is 1.09 bits per heavy atom. The van der Waals surface area contributed by atoms with Gasteiger partial charge in [0.1, 0.15) is 27.3 Å². The standard InChI is InChI=1S/C29H25F2N3O7S3/c1-29(2,3)41-27(40)33-21(24(36)32-16-5-6-18(26(38)39)22(35)10-16)12-34-25(37)23(44-28(34)42)11-17-8-15(13-43-17)14-4-7-19(30)20(31)9-14/h4-11,13,21,35H,12H2,1-3H3,(H,32,36)(H,33,40)(H,38,39)/b23-11-/t21-/m1/s1. The lowest BCUT2D eigenvalue weighted by Gasteiger charge is -2.26. The van der Waals surface area contributed by atoms with Gasteiger partial charge in [-0.3, -0.25) is 14.5 Å². The first-order valence-corrected chi connectivity index (χ1v) is 14.9. The van der Waals surface area contributed by atoms with Gasteiger partial charge in [0, 0.05) is 16.6 Å². The van der Waals surface area contributed by atoms with E-state index in [0.29, 0.717) is 16.0 Å². The number of amides is 3. The van der Waals surface area contributed by atoms with E-state index in [1.807, 2.05) is 0 Å². The molecule has 2 heterocycles. The van der Waals surface area contributed by atoms with Gasteiger partial charge < -0.3 is 25.6 Å². The molecule has 0 radical (unpaired) electrons. The van der Waals surface area contributed by atoms with E-state index in [2.05, 4.69) is 10.6 Å². The van der Waals surface area contributed by atoms with Crippen LogP contribution in [0.2, 0.25) is 0 Å². The number of halogens is 2. The van der Waals surface area contributed by atoms with E-state index in [9.17, 15) is 33.1 Å². The van der Waals surface area contributed by atoms with Crippen molar-refractivity contribution in [2.45, 2.75) is 32.4 Å². The van der Waals surface area contributed by atoms with Crippen LogP contribution >= 0.6 is 35.3 Å². The minimum atomic E-state index is -1.38. The number of rotatable bonds is 8. The second-order valence-corrected chi connectivity index (χ2v) is 13.0. The first-order valence-electron chi connectivity index (χ1n) is 12.8. The van der Waals surface area contributed by atoms with Gasteiger partial charge >= 0.3 is 12.1 Å². The summed E-state index contributed by atoms with van der Waals surface area (Å²) in [5.74, 6) is -5.23. The number of alkyl carbamates (subject to hydrolysis) is 1. The van der Waals surface area contributed by atoms with Gasteiger partial charge in [-0.25, -0.2) is 18.4 Å². The predicted octanol–water partition coefficient (Wildman–Crippen LogP) is 5.83. The van der Waals surface area contributed by atoms with Crippen molar-refractivity contribution in [3.05, 3.63) is 74.8 Å². The number of thiocarbonyl (C=S) groups is 1. The molecule has 0 aliphatic carbocycles. The molecular formula is C29H25F2N3O7S3. The van der Waals surface area contributed by atoms with E-state index in [-0.39, 0.29) is 27.0 Å². The van der Waals surface area contributed by atoms with Gasteiger partial charge in [-0.2, -0.15) is 0 Å². The van der Waals surface area contributed by atoms with Crippen molar-refractivity contribution in [3.8, 4) is 16.9 Å². The second kappa shape index (κ2) is 13.1. The van der Waals surface area contributed by atoms with E-state index >= 15 is 0 Å². The maximum atomic E-state index is 13.7. The summed E-state index contributed by atoms with van der Waals surface area (Å²) < 4.78 is 32.4. The van der Waals surface area contributed by atoms with Crippen LogP contribution in [0.25, 0.3) is 17.2 Å². The van der Waals surface area contributed by atoms with Gasteiger partial charge in [0.05, 0.1) is 11.4 Å². The smallest absolute Gasteiger partial charge is 0.408 e. The zero-order valence-corrected chi connectivity index (χ0v) is 25.8. The Balaban J connectivity index is 1.54. The number of phenols is 1. The first kappa shape index (κ1) is 32.6. The molecule has 1 saturated heterocycles. The highest BCUT2D eigenvalue weighted by Gasteiger charge is 2.36. The molecule has 44 heavy (non-hydrogen) atoms. The lowest BCUT2D eigenvalue weighted by molar-refractivity contribution is -0.123. The molecule has 0 saturated carbocycles. The number of anilines is 1. The summed E-state index contributed by atoms with van der Waals surface area (Å²) in [6.45, 7) is 4.51. The zero-order chi connectivity index (χ0) is 32.3. The summed E-state index contributed by atoms with van der Waals surface area (Å²) >= 11 is 7.65. The minimum Gasteiger partial charge on any atom is -0.507 e. The highest BCUT2D eigenvalue weighted by Crippen LogP contribution is 2.35. The number of carbonyl (C=O) groups excluding carboxylic acids is 3. The summed E-state index contributed by atoms with van der Waals surface area (Å²) in [4.78, 5) is 52.4. The maximum absolute atomic E-state index is 13.7. The topological polar surface area (TPSA) is 145 Å². The van der Waals surface area contributed by atoms with Crippen molar-refractivity contribution in [1.29, 1.82) is 0 Å². The molecular weight excluding hydrogens is 637 g/mol. The molecule has 15 heteroatoms. The fraction of sp³-hybridized carbons (Fsp3) is 0.207. The fourth-order valence-electron chi connectivity index (χ4n) is 3.89. The van der Waals surface area contributed by atoms with E-state index in [1.54, 1.807) is 38.3 Å². The molecule has 0 spiro atoms. The monoisotopic (exact) mass is 661 g/mol. The van der Waals surface area contributed by atoms with Gasteiger partial charge in [-0.1, -0.05) is 30.0 Å². The number of aromatic hydroxyl groups is 1. The highest BCUT2D eigenvalue weighted by atomic mass is 32.2. The van der Waals surface area contributed by atoms with E-state index in [1.165, 1.54) is 23.5 Å². The van der Waals surface area contributed by atoms with Gasteiger partial charge in [-0.15, -0.1) is 11.3 Å². The van der Waals surface area contributed by atoms with Crippen LogP contribution in [0.1, 0.15) is 36.0 Å². The summed E-state index contributed by atoms with van der Waals surface area (Å²) in [5.41, 5.74) is -0.156. The Kier molecular flexibility index (Phi) is 9.71. The number of benzene rings is 2. The molecule has 10 nitrogen and oxygen atoms in total. The van der Waals surface area contributed by atoms with E-state index in [0.717, 1.165) is 40.9 Å². The van der Waals surface area contributed by atoms with Crippen molar-refractivity contribution < 1.29 is 42.9 Å². The molecule has 2 aromatic carbocycles. The number of carbonyl (C=O) groups is 4. The molecule has 230 valence electrons. The molecule has 1 aliphatic rings. The van der Waals surface area contributed by atoms with Crippen LogP contribution in [-0.4, -0.2) is 61.5 Å². The molecule has 4 N–H and O–H groups in total. The van der Waals surface area contributed by atoms with Crippen LogP contribution in [0.4, 0.5) is 19.3 Å². The number of carboxylic acids is 1. The number of hydrogen-bond acceptors (Lipinski definition) is 9. The molecule has 4 rings (SSSR count). The number of nitrogens with one attached hydrogen (secondary N) is 2. The Labute approximate surface area is 263 Å². The van der Waals surface area contributed by atoms with Crippen LogP contribution in [0.3, 0.4) is 0 Å². The quantitative estimate of drug-likeness (QED) is 0.173. The number of thiophene rings is 1. The van der Waals surface area contributed by atoms with Crippen LogP contribution in [-0.2, 0) is 14.3 Å². The van der Waals surface area contributed by atoms with Crippen LogP contribution < -0.4 is 10.6 Å². The normalized spacial score (nSPS) is 14.9. The number of aromatic carboxylic acids is 1. The van der Waals surface area contributed by atoms with Crippen molar-refractivity contribution in [2.75, 3.05) is 11.9 Å². The molecule has 1 aromatic heterocycles. The number of thioether (sulfide) groups is 1. The maximum Gasteiger partial charge on any atom is 0.408 e. The third-order valence-electron chi connectivity index (χ3n) is 5.89. The minimum absolute atomic E-state index is 0.0355.